The quantitative estimate of drug-likeness (QED) is 0.618. The highest BCUT2D eigenvalue weighted by Gasteiger charge is 2.50. The lowest BCUT2D eigenvalue weighted by atomic mass is 9.93. The largest absolute Gasteiger partial charge is 0.351 e. The van der Waals surface area contributed by atoms with E-state index < -0.39 is 15.6 Å². The highest BCUT2D eigenvalue weighted by Crippen LogP contribution is 2.30. The van der Waals surface area contributed by atoms with Crippen molar-refractivity contribution in [1.82, 2.24) is 14.5 Å². The first-order valence-electron chi connectivity index (χ1n) is 12.4. The summed E-state index contributed by atoms with van der Waals surface area (Å²) in [5.41, 5.74) is 0.617. The Balaban J connectivity index is 1.67. The first-order chi connectivity index (χ1) is 16.7. The molecule has 1 saturated carbocycles. The Morgan fingerprint density at radius 2 is 1.63 bits per heavy atom. The number of rotatable bonds is 6. The summed E-state index contributed by atoms with van der Waals surface area (Å²) in [5.74, 6) is -0.670. The number of piperazine rings is 1. The smallest absolute Gasteiger partial charge is 0.247 e. The van der Waals surface area contributed by atoms with Gasteiger partial charge < -0.3 is 10.2 Å². The minimum Gasteiger partial charge on any atom is -0.351 e. The van der Waals surface area contributed by atoms with Gasteiger partial charge in [0.2, 0.25) is 21.8 Å². The van der Waals surface area contributed by atoms with Gasteiger partial charge in [0.15, 0.2) is 0 Å². The van der Waals surface area contributed by atoms with Gasteiger partial charge in [0.25, 0.3) is 0 Å². The van der Waals surface area contributed by atoms with Crippen LogP contribution < -0.4 is 5.32 Å². The van der Waals surface area contributed by atoms with Crippen molar-refractivity contribution in [3.05, 3.63) is 65.7 Å². The van der Waals surface area contributed by atoms with E-state index in [0.29, 0.717) is 0 Å². The lowest BCUT2D eigenvalue weighted by molar-refractivity contribution is -0.154. The average Bonchev–Trinajstić information content (AvgIpc) is 3.11. The SMILES string of the molecule is Cc1ccccc1CN1C(=O)CN(S(=O)(=O)c2ccccc2)CC1(C)C(=O)NC1CCCCCC1. The van der Waals surface area contributed by atoms with Crippen LogP contribution in [0.5, 0.6) is 0 Å². The molecule has 0 aromatic heterocycles. The van der Waals surface area contributed by atoms with E-state index in [-0.39, 0.29) is 42.4 Å². The van der Waals surface area contributed by atoms with Gasteiger partial charge in [-0.05, 0) is 49.9 Å². The number of sulfonamides is 1. The number of carbonyl (C=O) groups is 2. The molecule has 0 radical (unpaired) electrons. The summed E-state index contributed by atoms with van der Waals surface area (Å²) in [5, 5.41) is 3.18. The highest BCUT2D eigenvalue weighted by atomic mass is 32.2. The molecule has 1 N–H and O–H groups in total. The minimum absolute atomic E-state index is 0.0401. The first-order valence-corrected chi connectivity index (χ1v) is 13.9. The Labute approximate surface area is 208 Å². The van der Waals surface area contributed by atoms with Gasteiger partial charge in [-0.15, -0.1) is 0 Å². The van der Waals surface area contributed by atoms with E-state index in [1.165, 1.54) is 12.1 Å². The van der Waals surface area contributed by atoms with Crippen LogP contribution in [0, 0.1) is 6.92 Å². The van der Waals surface area contributed by atoms with Gasteiger partial charge in [-0.2, -0.15) is 4.31 Å². The average molecular weight is 498 g/mol. The maximum atomic E-state index is 13.8. The zero-order valence-corrected chi connectivity index (χ0v) is 21.4. The maximum absolute atomic E-state index is 13.8. The molecule has 1 aliphatic heterocycles. The fraction of sp³-hybridized carbons (Fsp3) is 0.481. The van der Waals surface area contributed by atoms with Crippen molar-refractivity contribution < 1.29 is 18.0 Å². The van der Waals surface area contributed by atoms with Gasteiger partial charge in [0.1, 0.15) is 5.54 Å². The van der Waals surface area contributed by atoms with E-state index in [9.17, 15) is 18.0 Å². The van der Waals surface area contributed by atoms with Gasteiger partial charge in [-0.3, -0.25) is 9.59 Å². The van der Waals surface area contributed by atoms with Gasteiger partial charge in [0.05, 0.1) is 11.4 Å². The predicted octanol–water partition coefficient (Wildman–Crippen LogP) is 3.63. The molecule has 2 aliphatic rings. The Morgan fingerprint density at radius 3 is 2.29 bits per heavy atom. The number of hydrogen-bond donors (Lipinski definition) is 1. The first kappa shape index (κ1) is 25.4. The second kappa shape index (κ2) is 10.5. The van der Waals surface area contributed by atoms with E-state index in [1.54, 1.807) is 30.0 Å². The van der Waals surface area contributed by atoms with Crippen LogP contribution in [0.1, 0.15) is 56.6 Å². The molecule has 4 rings (SSSR count). The number of hydrogen-bond acceptors (Lipinski definition) is 4. The molecule has 7 nitrogen and oxygen atoms in total. The van der Waals surface area contributed by atoms with Crippen molar-refractivity contribution in [2.24, 2.45) is 0 Å². The van der Waals surface area contributed by atoms with E-state index in [2.05, 4.69) is 5.32 Å². The predicted molar refractivity (Wildman–Crippen MR) is 135 cm³/mol. The zero-order valence-electron chi connectivity index (χ0n) is 20.6. The van der Waals surface area contributed by atoms with Crippen molar-refractivity contribution in [3.8, 4) is 0 Å². The summed E-state index contributed by atoms with van der Waals surface area (Å²) in [4.78, 5) is 29.0. The van der Waals surface area contributed by atoms with Crippen LogP contribution in [0.4, 0.5) is 0 Å². The summed E-state index contributed by atoms with van der Waals surface area (Å²) in [6.07, 6.45) is 6.23. The van der Waals surface area contributed by atoms with Crippen molar-refractivity contribution >= 4 is 21.8 Å². The van der Waals surface area contributed by atoms with Crippen LogP contribution in [-0.2, 0) is 26.2 Å². The number of nitrogens with one attached hydrogen (secondary N) is 1. The van der Waals surface area contributed by atoms with E-state index >= 15 is 0 Å². The van der Waals surface area contributed by atoms with Gasteiger partial charge >= 0.3 is 0 Å². The molecule has 1 saturated heterocycles. The fourth-order valence-electron chi connectivity index (χ4n) is 5.09. The number of benzene rings is 2. The van der Waals surface area contributed by atoms with E-state index in [0.717, 1.165) is 54.0 Å². The third-order valence-electron chi connectivity index (χ3n) is 7.34. The van der Waals surface area contributed by atoms with Gasteiger partial charge in [-0.25, -0.2) is 8.42 Å². The maximum Gasteiger partial charge on any atom is 0.247 e. The van der Waals surface area contributed by atoms with E-state index in [4.69, 9.17) is 0 Å². The molecule has 2 aromatic rings. The molecule has 1 heterocycles. The second-order valence-electron chi connectivity index (χ2n) is 9.93. The third-order valence-corrected chi connectivity index (χ3v) is 9.15. The number of nitrogens with zero attached hydrogens (tertiary/aromatic N) is 2. The topological polar surface area (TPSA) is 86.8 Å². The van der Waals surface area contributed by atoms with Crippen LogP contribution in [0.2, 0.25) is 0 Å². The molecule has 2 amide bonds. The molecule has 1 aliphatic carbocycles. The van der Waals surface area contributed by atoms with Gasteiger partial charge in [-0.1, -0.05) is 68.1 Å². The van der Waals surface area contributed by atoms with Crippen LogP contribution in [0.15, 0.2) is 59.5 Å². The molecular weight excluding hydrogens is 462 g/mol. The molecule has 0 spiro atoms. The third kappa shape index (κ3) is 5.43. The van der Waals surface area contributed by atoms with Crippen LogP contribution in [0.25, 0.3) is 0 Å². The Hall–Kier alpha value is -2.71. The highest BCUT2D eigenvalue weighted by molar-refractivity contribution is 7.89. The summed E-state index contributed by atoms with van der Waals surface area (Å²) < 4.78 is 28.0. The fourth-order valence-corrected chi connectivity index (χ4v) is 6.59. The molecule has 1 atom stereocenters. The normalized spacial score (nSPS) is 22.6. The standard InChI is InChI=1S/C27H35N3O4S/c1-21-12-10-11-13-22(21)18-30-25(31)19-29(35(33,34)24-16-8-5-9-17-24)20-27(30,2)26(32)28-23-14-6-3-4-7-15-23/h5,8-13,16-17,23H,3-4,6-7,14-15,18-20H2,1-2H3,(H,28,32). The monoisotopic (exact) mass is 497 g/mol. The molecule has 35 heavy (non-hydrogen) atoms. The molecule has 2 aromatic carbocycles. The van der Waals surface area contributed by atoms with Crippen LogP contribution in [0.3, 0.4) is 0 Å². The number of aryl methyl sites for hydroxylation is 1. The molecule has 0 bridgehead atoms. The summed E-state index contributed by atoms with van der Waals surface area (Å²) in [6.45, 7) is 3.52. The van der Waals surface area contributed by atoms with Crippen molar-refractivity contribution in [1.29, 1.82) is 0 Å². The summed E-state index contributed by atoms with van der Waals surface area (Å²) >= 11 is 0. The molecule has 1 unspecified atom stereocenters. The molecule has 188 valence electrons. The summed E-state index contributed by atoms with van der Waals surface area (Å²) in [6, 6.07) is 15.9. The van der Waals surface area contributed by atoms with Gasteiger partial charge in [0, 0.05) is 19.1 Å². The second-order valence-corrected chi connectivity index (χ2v) is 11.9. The molecular formula is C27H35N3O4S. The van der Waals surface area contributed by atoms with Crippen molar-refractivity contribution in [2.45, 2.75) is 75.4 Å². The Bertz CT molecular complexity index is 1160. The lowest BCUT2D eigenvalue weighted by Gasteiger charge is -2.47. The minimum atomic E-state index is -3.94. The zero-order chi connectivity index (χ0) is 25.1. The van der Waals surface area contributed by atoms with Crippen molar-refractivity contribution in [3.63, 3.8) is 0 Å². The van der Waals surface area contributed by atoms with E-state index in [1.807, 2.05) is 31.2 Å². The number of carbonyl (C=O) groups excluding carboxylic acids is 2. The molecule has 2 fully saturated rings. The van der Waals surface area contributed by atoms with Crippen LogP contribution >= 0.6 is 0 Å². The summed E-state index contributed by atoms with van der Waals surface area (Å²) in [7, 11) is -3.94. The molecule has 8 heteroatoms. The van der Waals surface area contributed by atoms with Crippen LogP contribution in [-0.4, -0.2) is 54.1 Å². The Morgan fingerprint density at radius 1 is 1.00 bits per heavy atom. The lowest BCUT2D eigenvalue weighted by Crippen LogP contribution is -2.70. The van der Waals surface area contributed by atoms with Crippen molar-refractivity contribution in [2.75, 3.05) is 13.1 Å². The Kier molecular flexibility index (Phi) is 7.62. The number of amides is 2.